The van der Waals surface area contributed by atoms with Crippen molar-refractivity contribution in [2.24, 2.45) is 0 Å². The average Bonchev–Trinajstić information content (AvgIpc) is 2.79. The van der Waals surface area contributed by atoms with Crippen LogP contribution in [0.15, 0.2) is 42.5 Å². The van der Waals surface area contributed by atoms with Crippen molar-refractivity contribution in [1.82, 2.24) is 9.55 Å². The van der Waals surface area contributed by atoms with Crippen LogP contribution in [0.1, 0.15) is 29.3 Å². The van der Waals surface area contributed by atoms with Crippen LogP contribution < -0.4 is 0 Å². The maximum Gasteiger partial charge on any atom is 0.128 e. The van der Waals surface area contributed by atoms with Crippen molar-refractivity contribution in [3.05, 3.63) is 64.4 Å². The number of aryl methyl sites for hydroxylation is 1. The highest BCUT2D eigenvalue weighted by atomic mass is 35.5. The van der Waals surface area contributed by atoms with E-state index in [1.807, 2.05) is 25.1 Å². The molecule has 0 fully saturated rings. The normalized spacial score (nSPS) is 12.8. The van der Waals surface area contributed by atoms with Gasteiger partial charge in [0.05, 0.1) is 16.4 Å². The standard InChI is InChI=1S/C17H16Cl2N2/c1-11-3-5-13(6-4-11)10-21-16-8-7-14(19)9-15(16)20-17(21)12(2)18/h3-9,12H,10H2,1-2H3. The number of hydrogen-bond acceptors (Lipinski definition) is 1. The molecule has 0 spiro atoms. The average molecular weight is 319 g/mol. The van der Waals surface area contributed by atoms with E-state index < -0.39 is 0 Å². The molecule has 1 aromatic heterocycles. The van der Waals surface area contributed by atoms with Gasteiger partial charge in [-0.25, -0.2) is 4.98 Å². The molecular weight excluding hydrogens is 303 g/mol. The van der Waals surface area contributed by atoms with Crippen molar-refractivity contribution in [1.29, 1.82) is 0 Å². The molecule has 1 heterocycles. The van der Waals surface area contributed by atoms with Gasteiger partial charge in [-0.1, -0.05) is 41.4 Å². The van der Waals surface area contributed by atoms with Gasteiger partial charge in [0.15, 0.2) is 0 Å². The molecule has 0 saturated carbocycles. The Morgan fingerprint density at radius 2 is 1.86 bits per heavy atom. The van der Waals surface area contributed by atoms with E-state index in [9.17, 15) is 0 Å². The molecule has 0 aliphatic rings. The molecule has 21 heavy (non-hydrogen) atoms. The number of alkyl halides is 1. The van der Waals surface area contributed by atoms with E-state index in [2.05, 4.69) is 40.7 Å². The molecule has 3 rings (SSSR count). The maximum absolute atomic E-state index is 6.29. The SMILES string of the molecule is Cc1ccc(Cn2c(C(C)Cl)nc3cc(Cl)ccc32)cc1. The number of hydrogen-bond donors (Lipinski definition) is 0. The summed E-state index contributed by atoms with van der Waals surface area (Å²) < 4.78 is 2.16. The number of fused-ring (bicyclic) bond motifs is 1. The van der Waals surface area contributed by atoms with Gasteiger partial charge in [-0.15, -0.1) is 11.6 Å². The van der Waals surface area contributed by atoms with Crippen LogP contribution in [0.3, 0.4) is 0 Å². The lowest BCUT2D eigenvalue weighted by Gasteiger charge is -2.11. The highest BCUT2D eigenvalue weighted by Gasteiger charge is 2.15. The summed E-state index contributed by atoms with van der Waals surface area (Å²) in [4.78, 5) is 4.63. The summed E-state index contributed by atoms with van der Waals surface area (Å²) in [6.07, 6.45) is 0. The van der Waals surface area contributed by atoms with Gasteiger partial charge in [0, 0.05) is 11.6 Å². The summed E-state index contributed by atoms with van der Waals surface area (Å²) in [6.45, 7) is 4.78. The van der Waals surface area contributed by atoms with Gasteiger partial charge in [-0.05, 0) is 37.6 Å². The third-order valence-corrected chi connectivity index (χ3v) is 3.99. The number of halogens is 2. The third kappa shape index (κ3) is 2.92. The first kappa shape index (κ1) is 14.4. The van der Waals surface area contributed by atoms with Crippen LogP contribution in [0.4, 0.5) is 0 Å². The second-order valence-corrected chi connectivity index (χ2v) is 6.38. The van der Waals surface area contributed by atoms with Crippen LogP contribution in [0.5, 0.6) is 0 Å². The Bertz CT molecular complexity index is 773. The van der Waals surface area contributed by atoms with Gasteiger partial charge >= 0.3 is 0 Å². The van der Waals surface area contributed by atoms with Crippen molar-refractivity contribution in [3.63, 3.8) is 0 Å². The van der Waals surface area contributed by atoms with Crippen LogP contribution in [0.25, 0.3) is 11.0 Å². The highest BCUT2D eigenvalue weighted by Crippen LogP contribution is 2.27. The van der Waals surface area contributed by atoms with Gasteiger partial charge in [-0.2, -0.15) is 0 Å². The monoisotopic (exact) mass is 318 g/mol. The minimum atomic E-state index is -0.151. The Morgan fingerprint density at radius 1 is 1.14 bits per heavy atom. The van der Waals surface area contributed by atoms with E-state index >= 15 is 0 Å². The molecule has 1 unspecified atom stereocenters. The lowest BCUT2D eigenvalue weighted by molar-refractivity contribution is 0.742. The molecule has 2 aromatic carbocycles. The van der Waals surface area contributed by atoms with E-state index in [1.165, 1.54) is 11.1 Å². The molecule has 0 aliphatic heterocycles. The van der Waals surface area contributed by atoms with Crippen LogP contribution >= 0.6 is 23.2 Å². The van der Waals surface area contributed by atoms with E-state index in [4.69, 9.17) is 23.2 Å². The van der Waals surface area contributed by atoms with Gasteiger partial charge in [0.2, 0.25) is 0 Å². The summed E-state index contributed by atoms with van der Waals surface area (Å²) >= 11 is 12.3. The van der Waals surface area contributed by atoms with Crippen LogP contribution in [-0.2, 0) is 6.54 Å². The largest absolute Gasteiger partial charge is 0.322 e. The number of nitrogens with zero attached hydrogens (tertiary/aromatic N) is 2. The molecule has 108 valence electrons. The topological polar surface area (TPSA) is 17.8 Å². The Morgan fingerprint density at radius 3 is 2.52 bits per heavy atom. The Kier molecular flexibility index (Phi) is 3.92. The predicted octanol–water partition coefficient (Wildman–Crippen LogP) is 5.35. The second-order valence-electron chi connectivity index (χ2n) is 5.29. The van der Waals surface area contributed by atoms with E-state index in [1.54, 1.807) is 0 Å². The number of aromatic nitrogens is 2. The third-order valence-electron chi connectivity index (χ3n) is 3.56. The Hall–Kier alpha value is -1.51. The van der Waals surface area contributed by atoms with Crippen molar-refractivity contribution in [2.75, 3.05) is 0 Å². The summed E-state index contributed by atoms with van der Waals surface area (Å²) in [5, 5.41) is 0.540. The molecule has 0 saturated heterocycles. The van der Waals surface area contributed by atoms with Crippen LogP contribution in [0.2, 0.25) is 5.02 Å². The molecule has 0 bridgehead atoms. The highest BCUT2D eigenvalue weighted by molar-refractivity contribution is 6.31. The number of rotatable bonds is 3. The quantitative estimate of drug-likeness (QED) is 0.595. The number of imidazole rings is 1. The summed E-state index contributed by atoms with van der Waals surface area (Å²) in [5.74, 6) is 0.870. The molecule has 0 aliphatic carbocycles. The van der Waals surface area contributed by atoms with Crippen LogP contribution in [0, 0.1) is 6.92 Å². The first-order chi connectivity index (χ1) is 10.0. The molecule has 0 amide bonds. The lowest BCUT2D eigenvalue weighted by atomic mass is 10.1. The second kappa shape index (κ2) is 5.70. The zero-order valence-corrected chi connectivity index (χ0v) is 13.5. The van der Waals surface area contributed by atoms with Gasteiger partial charge in [0.25, 0.3) is 0 Å². The molecular formula is C17H16Cl2N2. The van der Waals surface area contributed by atoms with Crippen molar-refractivity contribution in [2.45, 2.75) is 25.8 Å². The molecule has 0 radical (unpaired) electrons. The molecule has 1 atom stereocenters. The zero-order chi connectivity index (χ0) is 15.0. The Labute approximate surface area is 134 Å². The lowest BCUT2D eigenvalue weighted by Crippen LogP contribution is -2.05. The summed E-state index contributed by atoms with van der Waals surface area (Å²) in [6, 6.07) is 14.3. The summed E-state index contributed by atoms with van der Waals surface area (Å²) in [7, 11) is 0. The first-order valence-corrected chi connectivity index (χ1v) is 7.71. The van der Waals surface area contributed by atoms with Crippen LogP contribution in [-0.4, -0.2) is 9.55 Å². The van der Waals surface area contributed by atoms with E-state index in [0.29, 0.717) is 5.02 Å². The van der Waals surface area contributed by atoms with Crippen molar-refractivity contribution in [3.8, 4) is 0 Å². The molecule has 0 N–H and O–H groups in total. The van der Waals surface area contributed by atoms with E-state index in [-0.39, 0.29) is 5.38 Å². The van der Waals surface area contributed by atoms with Gasteiger partial charge in [0.1, 0.15) is 5.82 Å². The molecule has 4 heteroatoms. The maximum atomic E-state index is 6.29. The fraction of sp³-hybridized carbons (Fsp3) is 0.235. The zero-order valence-electron chi connectivity index (χ0n) is 12.0. The minimum Gasteiger partial charge on any atom is -0.322 e. The van der Waals surface area contributed by atoms with Crippen molar-refractivity contribution >= 4 is 34.2 Å². The molecule has 2 nitrogen and oxygen atoms in total. The number of benzene rings is 2. The van der Waals surface area contributed by atoms with E-state index in [0.717, 1.165) is 23.4 Å². The summed E-state index contributed by atoms with van der Waals surface area (Å²) in [5.41, 5.74) is 4.43. The predicted molar refractivity (Wildman–Crippen MR) is 89.3 cm³/mol. The van der Waals surface area contributed by atoms with Gasteiger partial charge < -0.3 is 4.57 Å². The van der Waals surface area contributed by atoms with Gasteiger partial charge in [-0.3, -0.25) is 0 Å². The fourth-order valence-electron chi connectivity index (χ4n) is 2.47. The molecule has 3 aromatic rings. The first-order valence-electron chi connectivity index (χ1n) is 6.90. The van der Waals surface area contributed by atoms with Crippen molar-refractivity contribution < 1.29 is 0 Å². The minimum absolute atomic E-state index is 0.151. The fourth-order valence-corrected chi connectivity index (χ4v) is 2.80. The Balaban J connectivity index is 2.10. The smallest absolute Gasteiger partial charge is 0.128 e.